The molecule has 1 N–H and O–H groups in total. The quantitative estimate of drug-likeness (QED) is 0.819. The number of carbonyl (C=O) groups is 1. The van der Waals surface area contributed by atoms with Crippen LogP contribution >= 0.6 is 11.8 Å². The van der Waals surface area contributed by atoms with E-state index >= 15 is 0 Å². The van der Waals surface area contributed by atoms with Crippen LogP contribution in [0.2, 0.25) is 0 Å². The Morgan fingerprint density at radius 3 is 2.72 bits per heavy atom. The Kier molecular flexibility index (Phi) is 6.47. The minimum atomic E-state index is -0.130. The monoisotopic (exact) mass is 360 g/mol. The van der Waals surface area contributed by atoms with Gasteiger partial charge in [-0.25, -0.2) is 0 Å². The van der Waals surface area contributed by atoms with E-state index in [1.165, 1.54) is 37.9 Å². The van der Waals surface area contributed by atoms with Crippen LogP contribution in [0.4, 0.5) is 0 Å². The second kappa shape index (κ2) is 9.01. The summed E-state index contributed by atoms with van der Waals surface area (Å²) in [6.07, 6.45) is 5.89. The fourth-order valence-electron chi connectivity index (χ4n) is 2.94. The molecule has 0 aliphatic carbocycles. The van der Waals surface area contributed by atoms with Crippen LogP contribution < -0.4 is 5.32 Å². The van der Waals surface area contributed by atoms with Crippen molar-refractivity contribution in [3.8, 4) is 0 Å². The number of likely N-dealkylation sites (tertiary alicyclic amines) is 1. The van der Waals surface area contributed by atoms with Gasteiger partial charge in [0.05, 0.1) is 12.3 Å². The number of piperidine rings is 1. The Labute approximate surface area is 152 Å². The first-order chi connectivity index (χ1) is 12.2. The molecule has 2 aromatic rings. The van der Waals surface area contributed by atoms with E-state index in [4.69, 9.17) is 4.52 Å². The number of hydrogen-bond donors (Lipinski definition) is 1. The molecular formula is C18H24N4O2S. The number of benzene rings is 1. The fourth-order valence-corrected chi connectivity index (χ4v) is 3.32. The number of rotatable bonds is 7. The molecule has 1 aliphatic rings. The highest BCUT2D eigenvalue weighted by Crippen LogP contribution is 2.14. The van der Waals surface area contributed by atoms with Gasteiger partial charge in [-0.2, -0.15) is 16.7 Å². The zero-order valence-corrected chi connectivity index (χ0v) is 15.3. The van der Waals surface area contributed by atoms with Crippen molar-refractivity contribution in [2.24, 2.45) is 0 Å². The molecule has 0 spiro atoms. The predicted molar refractivity (Wildman–Crippen MR) is 98.3 cm³/mol. The first-order valence-corrected chi connectivity index (χ1v) is 10.0. The van der Waals surface area contributed by atoms with Gasteiger partial charge in [0.25, 0.3) is 5.91 Å². The van der Waals surface area contributed by atoms with Gasteiger partial charge in [-0.05, 0) is 49.9 Å². The summed E-state index contributed by atoms with van der Waals surface area (Å²) in [5, 5.41) is 6.68. The Morgan fingerprint density at radius 1 is 1.24 bits per heavy atom. The lowest BCUT2D eigenvalue weighted by molar-refractivity contribution is 0.0946. The molecule has 3 rings (SSSR count). The number of nitrogens with one attached hydrogen (secondary N) is 1. The van der Waals surface area contributed by atoms with Crippen LogP contribution in [0.15, 0.2) is 28.8 Å². The molecule has 0 bridgehead atoms. The molecule has 134 valence electrons. The van der Waals surface area contributed by atoms with Gasteiger partial charge in [-0.3, -0.25) is 9.69 Å². The van der Waals surface area contributed by atoms with Crippen LogP contribution in [0, 0.1) is 0 Å². The zero-order chi connectivity index (χ0) is 17.5. The number of hydrogen-bond acceptors (Lipinski definition) is 6. The average Bonchev–Trinajstić information content (AvgIpc) is 3.09. The zero-order valence-electron chi connectivity index (χ0n) is 14.5. The predicted octanol–water partition coefficient (Wildman–Crippen LogP) is 2.85. The summed E-state index contributed by atoms with van der Waals surface area (Å²) < 4.78 is 5.11. The van der Waals surface area contributed by atoms with E-state index in [9.17, 15) is 4.79 Å². The van der Waals surface area contributed by atoms with E-state index in [-0.39, 0.29) is 12.5 Å². The summed E-state index contributed by atoms with van der Waals surface area (Å²) >= 11 is 1.63. The Morgan fingerprint density at radius 2 is 2.00 bits per heavy atom. The van der Waals surface area contributed by atoms with Gasteiger partial charge in [0.15, 0.2) is 5.82 Å². The third-order valence-corrected chi connectivity index (χ3v) is 4.80. The molecule has 25 heavy (non-hydrogen) atoms. The van der Waals surface area contributed by atoms with Crippen molar-refractivity contribution in [2.45, 2.75) is 38.1 Å². The number of carbonyl (C=O) groups excluding carboxylic acids is 1. The van der Waals surface area contributed by atoms with Gasteiger partial charge in [0.1, 0.15) is 0 Å². The molecule has 7 heteroatoms. The standard InChI is InChI=1S/C18H24N4O2S/c1-25-13-16-20-17(24-21-16)11-19-18(23)15-7-5-14(6-8-15)12-22-9-3-2-4-10-22/h5-8H,2-4,9-13H2,1H3,(H,19,23). The maximum absolute atomic E-state index is 12.2. The summed E-state index contributed by atoms with van der Waals surface area (Å²) in [6.45, 7) is 3.55. The molecule has 1 aromatic heterocycles. The van der Waals surface area contributed by atoms with Crippen LogP contribution in [0.3, 0.4) is 0 Å². The van der Waals surface area contributed by atoms with Crippen LogP contribution in [0.1, 0.15) is 46.9 Å². The Hall–Kier alpha value is -1.86. The number of aromatic nitrogens is 2. The van der Waals surface area contributed by atoms with E-state index in [2.05, 4.69) is 20.4 Å². The molecule has 0 atom stereocenters. The first-order valence-electron chi connectivity index (χ1n) is 8.64. The Balaban J connectivity index is 1.49. The lowest BCUT2D eigenvalue weighted by Gasteiger charge is -2.26. The van der Waals surface area contributed by atoms with Gasteiger partial charge in [0.2, 0.25) is 5.89 Å². The van der Waals surface area contributed by atoms with Crippen molar-refractivity contribution < 1.29 is 9.32 Å². The average molecular weight is 360 g/mol. The van der Waals surface area contributed by atoms with Gasteiger partial charge >= 0.3 is 0 Å². The molecule has 1 fully saturated rings. The smallest absolute Gasteiger partial charge is 0.251 e. The van der Waals surface area contributed by atoms with Gasteiger partial charge in [-0.15, -0.1) is 0 Å². The molecule has 1 saturated heterocycles. The highest BCUT2D eigenvalue weighted by Gasteiger charge is 2.12. The molecule has 0 radical (unpaired) electrons. The molecule has 0 unspecified atom stereocenters. The summed E-state index contributed by atoms with van der Waals surface area (Å²) in [4.78, 5) is 18.9. The highest BCUT2D eigenvalue weighted by atomic mass is 32.2. The lowest BCUT2D eigenvalue weighted by Crippen LogP contribution is -2.29. The molecule has 0 saturated carbocycles. The topological polar surface area (TPSA) is 71.3 Å². The maximum atomic E-state index is 12.2. The van der Waals surface area contributed by atoms with Gasteiger partial charge in [-0.1, -0.05) is 23.7 Å². The first kappa shape index (κ1) is 17.9. The Bertz CT molecular complexity index is 681. The van der Waals surface area contributed by atoms with Crippen molar-refractivity contribution in [3.05, 3.63) is 47.1 Å². The van der Waals surface area contributed by atoms with Crippen molar-refractivity contribution in [1.82, 2.24) is 20.4 Å². The van der Waals surface area contributed by atoms with Crippen LogP contribution in [0.25, 0.3) is 0 Å². The van der Waals surface area contributed by atoms with Gasteiger partial charge in [0, 0.05) is 12.1 Å². The van der Waals surface area contributed by atoms with Crippen molar-refractivity contribution in [3.63, 3.8) is 0 Å². The largest absolute Gasteiger partial charge is 0.343 e. The molecule has 1 aliphatic heterocycles. The minimum Gasteiger partial charge on any atom is -0.343 e. The third kappa shape index (κ3) is 5.31. The summed E-state index contributed by atoms with van der Waals surface area (Å²) in [6, 6.07) is 7.82. The van der Waals surface area contributed by atoms with E-state index in [0.717, 1.165) is 6.54 Å². The second-order valence-electron chi connectivity index (χ2n) is 6.25. The second-order valence-corrected chi connectivity index (χ2v) is 7.12. The highest BCUT2D eigenvalue weighted by molar-refractivity contribution is 7.97. The lowest BCUT2D eigenvalue weighted by atomic mass is 10.1. The summed E-state index contributed by atoms with van der Waals surface area (Å²) in [7, 11) is 0. The molecule has 1 amide bonds. The number of amides is 1. The fraction of sp³-hybridized carbons (Fsp3) is 0.500. The van der Waals surface area contributed by atoms with E-state index in [1.54, 1.807) is 11.8 Å². The van der Waals surface area contributed by atoms with Crippen LogP contribution in [-0.4, -0.2) is 40.3 Å². The van der Waals surface area contributed by atoms with E-state index in [0.29, 0.717) is 23.0 Å². The molecule has 1 aromatic carbocycles. The SMILES string of the molecule is CSCc1noc(CNC(=O)c2ccc(CN3CCCCC3)cc2)n1. The van der Waals surface area contributed by atoms with Crippen LogP contribution in [-0.2, 0) is 18.8 Å². The number of nitrogens with zero attached hydrogens (tertiary/aromatic N) is 3. The molecular weight excluding hydrogens is 336 g/mol. The third-order valence-electron chi connectivity index (χ3n) is 4.25. The normalized spacial score (nSPS) is 15.2. The molecule has 6 nitrogen and oxygen atoms in total. The van der Waals surface area contributed by atoms with Crippen molar-refractivity contribution in [2.75, 3.05) is 19.3 Å². The number of thioether (sulfide) groups is 1. The minimum absolute atomic E-state index is 0.130. The summed E-state index contributed by atoms with van der Waals surface area (Å²) in [5.41, 5.74) is 1.89. The van der Waals surface area contributed by atoms with E-state index < -0.39 is 0 Å². The van der Waals surface area contributed by atoms with E-state index in [1.807, 2.05) is 30.5 Å². The summed E-state index contributed by atoms with van der Waals surface area (Å²) in [5.74, 6) is 1.66. The van der Waals surface area contributed by atoms with Gasteiger partial charge < -0.3 is 9.84 Å². The van der Waals surface area contributed by atoms with Crippen molar-refractivity contribution in [1.29, 1.82) is 0 Å². The van der Waals surface area contributed by atoms with Crippen molar-refractivity contribution >= 4 is 17.7 Å². The van der Waals surface area contributed by atoms with Crippen LogP contribution in [0.5, 0.6) is 0 Å². The maximum Gasteiger partial charge on any atom is 0.251 e. The molecule has 2 heterocycles.